The van der Waals surface area contributed by atoms with Crippen molar-refractivity contribution in [3.63, 3.8) is 0 Å². The maximum atomic E-state index is 8.33. The predicted molar refractivity (Wildman–Crippen MR) is 59.4 cm³/mol. The smallest absolute Gasteiger partial charge is 0.119 e. The van der Waals surface area contributed by atoms with E-state index in [1.807, 2.05) is 24.3 Å². The Hall–Kier alpha value is -1.01. The Morgan fingerprint density at radius 3 is 3.00 bits per heavy atom. The molecule has 0 aliphatic heterocycles. The van der Waals surface area contributed by atoms with Gasteiger partial charge in [-0.2, -0.15) is 5.26 Å². The quantitative estimate of drug-likeness (QED) is 0.596. The fourth-order valence-corrected chi connectivity index (χ4v) is 1.41. The van der Waals surface area contributed by atoms with E-state index in [9.17, 15) is 0 Å². The highest BCUT2D eigenvalue weighted by Gasteiger charge is 1.95. The lowest BCUT2D eigenvalue weighted by Crippen LogP contribution is -1.96. The summed E-state index contributed by atoms with van der Waals surface area (Å²) in [5.41, 5.74) is 1.20. The van der Waals surface area contributed by atoms with Crippen LogP contribution in [0.5, 0.6) is 5.75 Å². The van der Waals surface area contributed by atoms with Crippen molar-refractivity contribution in [3.8, 4) is 11.8 Å². The largest absolute Gasteiger partial charge is 0.494 e. The third kappa shape index (κ3) is 3.80. The summed E-state index contributed by atoms with van der Waals surface area (Å²) in [5.74, 6) is 0.875. The summed E-state index contributed by atoms with van der Waals surface area (Å²) in [5, 5.41) is 9.17. The molecule has 3 heteroatoms. The van der Waals surface area contributed by atoms with Gasteiger partial charge in [0.25, 0.3) is 0 Å². The van der Waals surface area contributed by atoms with Crippen molar-refractivity contribution in [2.45, 2.75) is 18.2 Å². The molecule has 14 heavy (non-hydrogen) atoms. The lowest BCUT2D eigenvalue weighted by molar-refractivity contribution is 0.312. The fourth-order valence-electron chi connectivity index (χ4n) is 1.06. The number of unbranched alkanes of at least 4 members (excludes halogenated alkanes) is 1. The van der Waals surface area contributed by atoms with Gasteiger partial charge in [-0.05, 0) is 24.1 Å². The van der Waals surface area contributed by atoms with Gasteiger partial charge >= 0.3 is 0 Å². The number of ether oxygens (including phenoxy) is 1. The van der Waals surface area contributed by atoms with E-state index in [-0.39, 0.29) is 0 Å². The Morgan fingerprint density at radius 2 is 2.29 bits per heavy atom. The summed E-state index contributed by atoms with van der Waals surface area (Å²) in [6, 6.07) is 10.0. The lowest BCUT2D eigenvalue weighted by atomic mass is 10.2. The number of benzene rings is 1. The predicted octanol–water partition coefficient (Wildman–Crippen LogP) is 3.26. The van der Waals surface area contributed by atoms with Crippen molar-refractivity contribution in [1.82, 2.24) is 0 Å². The van der Waals surface area contributed by atoms with Crippen molar-refractivity contribution < 1.29 is 4.74 Å². The van der Waals surface area contributed by atoms with Crippen LogP contribution in [0.1, 0.15) is 18.4 Å². The molecule has 0 heterocycles. The summed E-state index contributed by atoms with van der Waals surface area (Å²) >= 11 is 3.39. The van der Waals surface area contributed by atoms with Gasteiger partial charge in [-0.25, -0.2) is 0 Å². The van der Waals surface area contributed by atoms with Gasteiger partial charge in [0, 0.05) is 11.8 Å². The molecule has 0 bridgehead atoms. The third-order valence-electron chi connectivity index (χ3n) is 1.75. The van der Waals surface area contributed by atoms with Crippen molar-refractivity contribution in [2.75, 3.05) is 6.61 Å². The first kappa shape index (κ1) is 11.1. The topological polar surface area (TPSA) is 33.0 Å². The van der Waals surface area contributed by atoms with Crippen LogP contribution in [0.2, 0.25) is 0 Å². The van der Waals surface area contributed by atoms with Crippen LogP contribution in [0.3, 0.4) is 0 Å². The molecule has 1 rings (SSSR count). The standard InChI is InChI=1S/C11H12BrNO/c12-9-10-4-3-5-11(8-10)14-7-2-1-6-13/h3-5,8H,1-2,7,9H2. The van der Waals surface area contributed by atoms with Gasteiger partial charge in [0.1, 0.15) is 5.75 Å². The average Bonchev–Trinajstić information content (AvgIpc) is 2.25. The second kappa shape index (κ2) is 6.44. The number of nitriles is 1. The van der Waals surface area contributed by atoms with Gasteiger partial charge in [-0.15, -0.1) is 0 Å². The summed E-state index contributed by atoms with van der Waals surface area (Å²) in [6.07, 6.45) is 1.34. The zero-order valence-corrected chi connectivity index (χ0v) is 9.46. The van der Waals surface area contributed by atoms with Gasteiger partial charge in [0.05, 0.1) is 12.7 Å². The molecule has 0 amide bonds. The van der Waals surface area contributed by atoms with Crippen LogP contribution in [0.25, 0.3) is 0 Å². The van der Waals surface area contributed by atoms with Crippen LogP contribution >= 0.6 is 15.9 Å². The first-order valence-corrected chi connectivity index (χ1v) is 5.63. The van der Waals surface area contributed by atoms with E-state index in [2.05, 4.69) is 22.0 Å². The average molecular weight is 254 g/mol. The second-order valence-electron chi connectivity index (χ2n) is 2.89. The molecular formula is C11H12BrNO. The molecule has 0 aliphatic carbocycles. The minimum absolute atomic E-state index is 0.554. The Kier molecular flexibility index (Phi) is 5.09. The normalized spacial score (nSPS) is 9.43. The number of hydrogen-bond donors (Lipinski definition) is 0. The highest BCUT2D eigenvalue weighted by molar-refractivity contribution is 9.08. The molecule has 0 saturated heterocycles. The second-order valence-corrected chi connectivity index (χ2v) is 3.45. The van der Waals surface area contributed by atoms with Gasteiger partial charge in [0.2, 0.25) is 0 Å². The van der Waals surface area contributed by atoms with Crippen LogP contribution in [0.4, 0.5) is 0 Å². The summed E-state index contributed by atoms with van der Waals surface area (Å²) in [4.78, 5) is 0. The Bertz CT molecular complexity index is 319. The van der Waals surface area contributed by atoms with E-state index >= 15 is 0 Å². The van der Waals surface area contributed by atoms with Gasteiger partial charge in [0.15, 0.2) is 0 Å². The number of alkyl halides is 1. The number of rotatable bonds is 5. The molecule has 74 valence electrons. The molecule has 0 unspecified atom stereocenters. The van der Waals surface area contributed by atoms with Gasteiger partial charge in [-0.1, -0.05) is 28.1 Å². The van der Waals surface area contributed by atoms with Gasteiger partial charge in [-0.3, -0.25) is 0 Å². The third-order valence-corrected chi connectivity index (χ3v) is 2.40. The monoisotopic (exact) mass is 253 g/mol. The van der Waals surface area contributed by atoms with E-state index < -0.39 is 0 Å². The van der Waals surface area contributed by atoms with Crippen molar-refractivity contribution >= 4 is 15.9 Å². The van der Waals surface area contributed by atoms with Crippen LogP contribution in [-0.2, 0) is 5.33 Å². The molecule has 0 spiro atoms. The van der Waals surface area contributed by atoms with E-state index in [1.54, 1.807) is 0 Å². The number of nitrogens with zero attached hydrogens (tertiary/aromatic N) is 1. The van der Waals surface area contributed by atoms with Crippen LogP contribution in [-0.4, -0.2) is 6.61 Å². The highest BCUT2D eigenvalue weighted by atomic mass is 79.9. The number of halogens is 1. The van der Waals surface area contributed by atoms with Crippen molar-refractivity contribution in [3.05, 3.63) is 29.8 Å². The SMILES string of the molecule is N#CCCCOc1cccc(CBr)c1. The maximum absolute atomic E-state index is 8.33. The molecule has 0 atom stereocenters. The minimum atomic E-state index is 0.554. The van der Waals surface area contributed by atoms with E-state index in [4.69, 9.17) is 10.00 Å². The Balaban J connectivity index is 2.39. The Labute approximate surface area is 92.6 Å². The molecule has 2 nitrogen and oxygen atoms in total. The van der Waals surface area contributed by atoms with Crippen LogP contribution in [0.15, 0.2) is 24.3 Å². The van der Waals surface area contributed by atoms with E-state index in [1.165, 1.54) is 5.56 Å². The molecule has 1 aromatic rings. The van der Waals surface area contributed by atoms with Crippen molar-refractivity contribution in [2.24, 2.45) is 0 Å². The van der Waals surface area contributed by atoms with Crippen LogP contribution < -0.4 is 4.74 Å². The maximum Gasteiger partial charge on any atom is 0.119 e. The number of hydrogen-bond acceptors (Lipinski definition) is 2. The molecule has 0 saturated carbocycles. The molecular weight excluding hydrogens is 242 g/mol. The molecule has 0 aliphatic rings. The van der Waals surface area contributed by atoms with E-state index in [0.29, 0.717) is 13.0 Å². The van der Waals surface area contributed by atoms with Crippen molar-refractivity contribution in [1.29, 1.82) is 5.26 Å². The highest BCUT2D eigenvalue weighted by Crippen LogP contribution is 2.15. The molecule has 1 aromatic carbocycles. The van der Waals surface area contributed by atoms with Gasteiger partial charge < -0.3 is 4.74 Å². The summed E-state index contributed by atoms with van der Waals surface area (Å²) in [7, 11) is 0. The zero-order valence-electron chi connectivity index (χ0n) is 7.87. The summed E-state index contributed by atoms with van der Waals surface area (Å²) < 4.78 is 5.48. The van der Waals surface area contributed by atoms with E-state index in [0.717, 1.165) is 17.5 Å². The molecule has 0 radical (unpaired) electrons. The zero-order chi connectivity index (χ0) is 10.2. The Morgan fingerprint density at radius 1 is 1.43 bits per heavy atom. The first-order chi connectivity index (χ1) is 6.86. The fraction of sp³-hybridized carbons (Fsp3) is 0.364. The lowest BCUT2D eigenvalue weighted by Gasteiger charge is -2.05. The molecule has 0 fully saturated rings. The molecule has 0 N–H and O–H groups in total. The van der Waals surface area contributed by atoms with Crippen LogP contribution in [0, 0.1) is 11.3 Å². The molecule has 0 aromatic heterocycles. The first-order valence-electron chi connectivity index (χ1n) is 4.51. The minimum Gasteiger partial charge on any atom is -0.494 e. The summed E-state index contributed by atoms with van der Waals surface area (Å²) in [6.45, 7) is 0.610.